The lowest BCUT2D eigenvalue weighted by Gasteiger charge is -2.20. The SMILES string of the molecule is CCN(CC)C(=O)c1ccccc1-c1[nH]c2ccccc2c1C. The van der Waals surface area contributed by atoms with Crippen LogP contribution in [0.25, 0.3) is 22.2 Å². The molecule has 1 amide bonds. The van der Waals surface area contributed by atoms with Gasteiger partial charge in [0.05, 0.1) is 5.69 Å². The van der Waals surface area contributed by atoms with E-state index in [1.165, 1.54) is 10.9 Å². The summed E-state index contributed by atoms with van der Waals surface area (Å²) in [7, 11) is 0. The maximum absolute atomic E-state index is 12.8. The van der Waals surface area contributed by atoms with Crippen molar-refractivity contribution in [2.75, 3.05) is 13.1 Å². The number of aromatic nitrogens is 1. The monoisotopic (exact) mass is 306 g/mol. The summed E-state index contributed by atoms with van der Waals surface area (Å²) in [5.74, 6) is 0.0867. The first-order valence-corrected chi connectivity index (χ1v) is 8.13. The molecule has 0 unspecified atom stereocenters. The van der Waals surface area contributed by atoms with Gasteiger partial charge in [0.1, 0.15) is 0 Å². The summed E-state index contributed by atoms with van der Waals surface area (Å²) < 4.78 is 0. The number of aryl methyl sites for hydroxylation is 1. The molecule has 1 heterocycles. The van der Waals surface area contributed by atoms with Crippen molar-refractivity contribution in [2.24, 2.45) is 0 Å². The molecule has 0 fully saturated rings. The minimum atomic E-state index is 0.0867. The molecule has 0 spiro atoms. The molecule has 1 N–H and O–H groups in total. The van der Waals surface area contributed by atoms with Crippen molar-refractivity contribution < 1.29 is 4.79 Å². The van der Waals surface area contributed by atoms with Crippen LogP contribution in [0.2, 0.25) is 0 Å². The summed E-state index contributed by atoms with van der Waals surface area (Å²) in [6.45, 7) is 7.56. The van der Waals surface area contributed by atoms with Crippen LogP contribution < -0.4 is 0 Å². The lowest BCUT2D eigenvalue weighted by molar-refractivity contribution is 0.0773. The molecule has 3 rings (SSSR count). The van der Waals surface area contributed by atoms with Gasteiger partial charge in [-0.05, 0) is 38.5 Å². The third-order valence-electron chi connectivity index (χ3n) is 4.44. The molecule has 0 bridgehead atoms. The van der Waals surface area contributed by atoms with Crippen molar-refractivity contribution >= 4 is 16.8 Å². The number of nitrogens with one attached hydrogen (secondary N) is 1. The van der Waals surface area contributed by atoms with Crippen LogP contribution in [0.15, 0.2) is 48.5 Å². The molecule has 0 aliphatic heterocycles. The fourth-order valence-corrected chi connectivity index (χ4v) is 3.12. The van der Waals surface area contributed by atoms with Crippen molar-refractivity contribution in [3.8, 4) is 11.3 Å². The molecule has 3 nitrogen and oxygen atoms in total. The molecular formula is C20H22N2O. The summed E-state index contributed by atoms with van der Waals surface area (Å²) in [4.78, 5) is 18.2. The molecule has 0 saturated carbocycles. The molecule has 2 aromatic carbocycles. The predicted octanol–water partition coefficient (Wildman–Crippen LogP) is 4.63. The number of para-hydroxylation sites is 1. The van der Waals surface area contributed by atoms with Crippen molar-refractivity contribution in [3.63, 3.8) is 0 Å². The van der Waals surface area contributed by atoms with Gasteiger partial charge in [0.25, 0.3) is 5.91 Å². The summed E-state index contributed by atoms with van der Waals surface area (Å²) >= 11 is 0. The molecule has 0 radical (unpaired) electrons. The van der Waals surface area contributed by atoms with Crippen LogP contribution in [0.4, 0.5) is 0 Å². The van der Waals surface area contributed by atoms with Gasteiger partial charge in [-0.15, -0.1) is 0 Å². The number of carbonyl (C=O) groups is 1. The number of nitrogens with zero attached hydrogens (tertiary/aromatic N) is 1. The van der Waals surface area contributed by atoms with E-state index >= 15 is 0 Å². The lowest BCUT2D eigenvalue weighted by Crippen LogP contribution is -2.30. The molecule has 0 aliphatic carbocycles. The number of hydrogen-bond acceptors (Lipinski definition) is 1. The van der Waals surface area contributed by atoms with E-state index in [2.05, 4.69) is 24.0 Å². The summed E-state index contributed by atoms with van der Waals surface area (Å²) in [6, 6.07) is 16.1. The Balaban J connectivity index is 2.16. The van der Waals surface area contributed by atoms with E-state index < -0.39 is 0 Å². The number of aromatic amines is 1. The number of amides is 1. The zero-order valence-electron chi connectivity index (χ0n) is 13.9. The smallest absolute Gasteiger partial charge is 0.254 e. The third-order valence-corrected chi connectivity index (χ3v) is 4.44. The minimum Gasteiger partial charge on any atom is -0.354 e. The highest BCUT2D eigenvalue weighted by Gasteiger charge is 2.19. The standard InChI is InChI=1S/C20H22N2O/c1-4-22(5-2)20(23)17-12-7-6-11-16(17)19-14(3)15-10-8-9-13-18(15)21-19/h6-13,21H,4-5H2,1-3H3. The highest BCUT2D eigenvalue weighted by atomic mass is 16.2. The van der Waals surface area contributed by atoms with Crippen LogP contribution in [-0.4, -0.2) is 28.9 Å². The average Bonchev–Trinajstić information content (AvgIpc) is 2.93. The molecule has 3 heteroatoms. The fourth-order valence-electron chi connectivity index (χ4n) is 3.12. The van der Waals surface area contributed by atoms with Crippen molar-refractivity contribution in [2.45, 2.75) is 20.8 Å². The van der Waals surface area contributed by atoms with Gasteiger partial charge in [0.2, 0.25) is 0 Å². The maximum atomic E-state index is 12.8. The fraction of sp³-hybridized carbons (Fsp3) is 0.250. The molecule has 1 aromatic heterocycles. The van der Waals surface area contributed by atoms with Crippen molar-refractivity contribution in [1.29, 1.82) is 0 Å². The first-order chi connectivity index (χ1) is 11.2. The van der Waals surface area contributed by atoms with Gasteiger partial charge in [0.15, 0.2) is 0 Å². The van der Waals surface area contributed by atoms with Gasteiger partial charge in [-0.2, -0.15) is 0 Å². The number of rotatable bonds is 4. The molecule has 0 atom stereocenters. The first kappa shape index (κ1) is 15.3. The third kappa shape index (κ3) is 2.63. The molecule has 0 saturated heterocycles. The largest absolute Gasteiger partial charge is 0.354 e. The number of benzene rings is 2. The van der Waals surface area contributed by atoms with E-state index in [1.807, 2.05) is 55.1 Å². The Morgan fingerprint density at radius 2 is 1.65 bits per heavy atom. The minimum absolute atomic E-state index is 0.0867. The second kappa shape index (κ2) is 6.29. The summed E-state index contributed by atoms with van der Waals surface area (Å²) in [5.41, 5.74) is 5.04. The first-order valence-electron chi connectivity index (χ1n) is 8.13. The number of carbonyl (C=O) groups excluding carboxylic acids is 1. The van der Waals surface area contributed by atoms with E-state index in [1.54, 1.807) is 0 Å². The van der Waals surface area contributed by atoms with E-state index in [0.717, 1.165) is 35.4 Å². The van der Waals surface area contributed by atoms with Gasteiger partial charge in [-0.3, -0.25) is 4.79 Å². The Bertz CT molecular complexity index is 844. The lowest BCUT2D eigenvalue weighted by atomic mass is 10.00. The van der Waals surface area contributed by atoms with E-state index in [9.17, 15) is 4.79 Å². The molecule has 23 heavy (non-hydrogen) atoms. The highest BCUT2D eigenvalue weighted by molar-refractivity contribution is 6.02. The summed E-state index contributed by atoms with van der Waals surface area (Å²) in [5, 5.41) is 1.20. The summed E-state index contributed by atoms with van der Waals surface area (Å²) in [6.07, 6.45) is 0. The zero-order valence-corrected chi connectivity index (χ0v) is 13.9. The van der Waals surface area contributed by atoms with Gasteiger partial charge >= 0.3 is 0 Å². The van der Waals surface area contributed by atoms with Crippen LogP contribution in [0.5, 0.6) is 0 Å². The van der Waals surface area contributed by atoms with Crippen LogP contribution >= 0.6 is 0 Å². The topological polar surface area (TPSA) is 36.1 Å². The quantitative estimate of drug-likeness (QED) is 0.750. The molecular weight excluding hydrogens is 284 g/mol. The Kier molecular flexibility index (Phi) is 4.20. The Labute approximate surface area is 136 Å². The molecule has 118 valence electrons. The molecule has 0 aliphatic rings. The average molecular weight is 306 g/mol. The van der Waals surface area contributed by atoms with Gasteiger partial charge in [-0.25, -0.2) is 0 Å². The van der Waals surface area contributed by atoms with Crippen LogP contribution in [0.3, 0.4) is 0 Å². The van der Waals surface area contributed by atoms with Crippen LogP contribution in [0.1, 0.15) is 29.8 Å². The van der Waals surface area contributed by atoms with Gasteiger partial charge in [-0.1, -0.05) is 36.4 Å². The van der Waals surface area contributed by atoms with Gasteiger partial charge < -0.3 is 9.88 Å². The highest BCUT2D eigenvalue weighted by Crippen LogP contribution is 2.32. The Morgan fingerprint density at radius 1 is 1.00 bits per heavy atom. The van der Waals surface area contributed by atoms with Crippen molar-refractivity contribution in [1.82, 2.24) is 9.88 Å². The number of H-pyrrole nitrogens is 1. The molecule has 3 aromatic rings. The maximum Gasteiger partial charge on any atom is 0.254 e. The predicted molar refractivity (Wildman–Crippen MR) is 95.7 cm³/mol. The van der Waals surface area contributed by atoms with E-state index in [0.29, 0.717) is 0 Å². The van der Waals surface area contributed by atoms with E-state index in [-0.39, 0.29) is 5.91 Å². The second-order valence-electron chi connectivity index (χ2n) is 5.69. The van der Waals surface area contributed by atoms with E-state index in [4.69, 9.17) is 0 Å². The van der Waals surface area contributed by atoms with Crippen molar-refractivity contribution in [3.05, 3.63) is 59.7 Å². The second-order valence-corrected chi connectivity index (χ2v) is 5.69. The zero-order chi connectivity index (χ0) is 16.4. The normalized spacial score (nSPS) is 10.9. The number of fused-ring (bicyclic) bond motifs is 1. The number of hydrogen-bond donors (Lipinski definition) is 1. The van der Waals surface area contributed by atoms with Crippen LogP contribution in [0, 0.1) is 6.92 Å². The van der Waals surface area contributed by atoms with Crippen LogP contribution in [-0.2, 0) is 0 Å². The van der Waals surface area contributed by atoms with Gasteiger partial charge in [0, 0.05) is 35.1 Å². The Hall–Kier alpha value is -2.55. The Morgan fingerprint density at radius 3 is 2.35 bits per heavy atom.